The van der Waals surface area contributed by atoms with Crippen molar-refractivity contribution in [2.45, 2.75) is 39.7 Å². The molecule has 2 heterocycles. The van der Waals surface area contributed by atoms with Crippen LogP contribution in [-0.4, -0.2) is 51.6 Å². The van der Waals surface area contributed by atoms with Gasteiger partial charge in [0.1, 0.15) is 5.56 Å². The van der Waals surface area contributed by atoms with Gasteiger partial charge in [0.2, 0.25) is 0 Å². The smallest absolute Gasteiger partial charge is 0.257 e. The third-order valence-corrected chi connectivity index (χ3v) is 4.22. The number of hydrogen-bond donors (Lipinski definition) is 1. The molecule has 0 saturated heterocycles. The van der Waals surface area contributed by atoms with Crippen molar-refractivity contribution < 1.29 is 4.79 Å². The minimum absolute atomic E-state index is 0.0887. The average Bonchev–Trinajstić information content (AvgIpc) is 3.22. The number of nitrogens with one attached hydrogen (secondary N) is 1. The zero-order valence-corrected chi connectivity index (χ0v) is 13.7. The number of aromatic nitrogens is 3. The van der Waals surface area contributed by atoms with Crippen LogP contribution in [0.2, 0.25) is 0 Å². The Hall–Kier alpha value is -1.95. The third kappa shape index (κ3) is 2.83. The number of rotatable bonds is 5. The standard InChI is InChI=1S/C16H23N5O/c1-10-9-11(2)21-15(18-10)14(12(3)19-21)16(22)17-7-8-20(4)13-5-6-13/h9,13H,5-8H2,1-4H3,(H,17,22). The Morgan fingerprint density at radius 1 is 1.41 bits per heavy atom. The van der Waals surface area contributed by atoms with E-state index >= 15 is 0 Å². The summed E-state index contributed by atoms with van der Waals surface area (Å²) >= 11 is 0. The molecule has 0 unspecified atom stereocenters. The molecule has 0 aliphatic heterocycles. The Kier molecular flexibility index (Phi) is 3.87. The summed E-state index contributed by atoms with van der Waals surface area (Å²) in [6.45, 7) is 7.28. The Labute approximate surface area is 130 Å². The van der Waals surface area contributed by atoms with E-state index in [0.29, 0.717) is 29.5 Å². The van der Waals surface area contributed by atoms with E-state index in [0.717, 1.165) is 17.9 Å². The van der Waals surface area contributed by atoms with Crippen molar-refractivity contribution >= 4 is 11.6 Å². The highest BCUT2D eigenvalue weighted by Crippen LogP contribution is 2.24. The summed E-state index contributed by atoms with van der Waals surface area (Å²) in [4.78, 5) is 19.3. The lowest BCUT2D eigenvalue weighted by Gasteiger charge is -2.15. The zero-order valence-electron chi connectivity index (χ0n) is 13.7. The van der Waals surface area contributed by atoms with E-state index in [9.17, 15) is 4.79 Å². The molecule has 1 amide bonds. The normalized spacial score (nSPS) is 14.8. The van der Waals surface area contributed by atoms with Crippen LogP contribution in [-0.2, 0) is 0 Å². The molecule has 1 aliphatic carbocycles. The van der Waals surface area contributed by atoms with E-state index in [-0.39, 0.29) is 5.91 Å². The number of fused-ring (bicyclic) bond motifs is 1. The van der Waals surface area contributed by atoms with Crippen LogP contribution in [0, 0.1) is 20.8 Å². The summed E-state index contributed by atoms with van der Waals surface area (Å²) in [6.07, 6.45) is 2.56. The Morgan fingerprint density at radius 2 is 2.14 bits per heavy atom. The maximum absolute atomic E-state index is 12.5. The van der Waals surface area contributed by atoms with Gasteiger partial charge in [-0.2, -0.15) is 5.10 Å². The highest BCUT2D eigenvalue weighted by atomic mass is 16.1. The van der Waals surface area contributed by atoms with E-state index in [1.54, 1.807) is 4.52 Å². The first kappa shape index (κ1) is 15.0. The van der Waals surface area contributed by atoms with Crippen LogP contribution >= 0.6 is 0 Å². The quantitative estimate of drug-likeness (QED) is 0.908. The summed E-state index contributed by atoms with van der Waals surface area (Å²) in [5.41, 5.74) is 3.82. The largest absolute Gasteiger partial charge is 0.351 e. The third-order valence-electron chi connectivity index (χ3n) is 4.22. The second-order valence-corrected chi connectivity index (χ2v) is 6.20. The molecular weight excluding hydrogens is 278 g/mol. The minimum Gasteiger partial charge on any atom is -0.351 e. The lowest BCUT2D eigenvalue weighted by Crippen LogP contribution is -2.34. The lowest BCUT2D eigenvalue weighted by molar-refractivity contribution is 0.0950. The van der Waals surface area contributed by atoms with Gasteiger partial charge in [-0.05, 0) is 46.7 Å². The van der Waals surface area contributed by atoms with Crippen LogP contribution in [0.4, 0.5) is 0 Å². The van der Waals surface area contributed by atoms with E-state index in [1.807, 2.05) is 26.8 Å². The van der Waals surface area contributed by atoms with Gasteiger partial charge in [-0.15, -0.1) is 0 Å². The fourth-order valence-corrected chi connectivity index (χ4v) is 2.82. The van der Waals surface area contributed by atoms with Crippen LogP contribution in [0.25, 0.3) is 5.65 Å². The predicted molar refractivity (Wildman–Crippen MR) is 85.2 cm³/mol. The fraction of sp³-hybridized carbons (Fsp3) is 0.562. The number of aryl methyl sites for hydroxylation is 3. The molecule has 6 nitrogen and oxygen atoms in total. The van der Waals surface area contributed by atoms with Gasteiger partial charge in [-0.25, -0.2) is 9.50 Å². The van der Waals surface area contributed by atoms with E-state index in [1.165, 1.54) is 12.8 Å². The molecule has 2 aromatic rings. The SMILES string of the molecule is Cc1cc(C)n2nc(C)c(C(=O)NCCN(C)C3CC3)c2n1. The fourth-order valence-electron chi connectivity index (χ4n) is 2.82. The van der Waals surface area contributed by atoms with Crippen molar-refractivity contribution in [1.82, 2.24) is 24.8 Å². The van der Waals surface area contributed by atoms with E-state index in [2.05, 4.69) is 27.3 Å². The first-order chi connectivity index (χ1) is 10.5. The van der Waals surface area contributed by atoms with Crippen molar-refractivity contribution in [2.75, 3.05) is 20.1 Å². The summed E-state index contributed by atoms with van der Waals surface area (Å²) in [5, 5.41) is 7.44. The maximum Gasteiger partial charge on any atom is 0.257 e. The van der Waals surface area contributed by atoms with Gasteiger partial charge in [0.25, 0.3) is 5.91 Å². The molecule has 0 spiro atoms. The van der Waals surface area contributed by atoms with Gasteiger partial charge >= 0.3 is 0 Å². The summed E-state index contributed by atoms with van der Waals surface area (Å²) in [5.74, 6) is -0.0887. The van der Waals surface area contributed by atoms with Gasteiger partial charge in [-0.1, -0.05) is 0 Å². The zero-order chi connectivity index (χ0) is 15.9. The topological polar surface area (TPSA) is 62.5 Å². The van der Waals surface area contributed by atoms with Crippen LogP contribution < -0.4 is 5.32 Å². The molecule has 22 heavy (non-hydrogen) atoms. The van der Waals surface area contributed by atoms with Crippen LogP contribution in [0.5, 0.6) is 0 Å². The first-order valence-corrected chi connectivity index (χ1v) is 7.79. The highest BCUT2D eigenvalue weighted by molar-refractivity contribution is 6.01. The van der Waals surface area contributed by atoms with E-state index in [4.69, 9.17) is 0 Å². The van der Waals surface area contributed by atoms with Crippen molar-refractivity contribution in [2.24, 2.45) is 0 Å². The van der Waals surface area contributed by atoms with Gasteiger partial charge in [0, 0.05) is 30.5 Å². The molecule has 0 aromatic carbocycles. The van der Waals surface area contributed by atoms with E-state index < -0.39 is 0 Å². The molecule has 3 rings (SSSR count). The van der Waals surface area contributed by atoms with Crippen LogP contribution in [0.15, 0.2) is 6.07 Å². The van der Waals surface area contributed by atoms with Crippen LogP contribution in [0.3, 0.4) is 0 Å². The number of nitrogens with zero attached hydrogens (tertiary/aromatic N) is 4. The lowest BCUT2D eigenvalue weighted by atomic mass is 10.2. The first-order valence-electron chi connectivity index (χ1n) is 7.79. The summed E-state index contributed by atoms with van der Waals surface area (Å²) in [6, 6.07) is 2.67. The molecule has 0 bridgehead atoms. The van der Waals surface area contributed by atoms with Crippen LogP contribution in [0.1, 0.15) is 40.3 Å². The number of hydrogen-bond acceptors (Lipinski definition) is 4. The molecule has 1 aliphatic rings. The predicted octanol–water partition coefficient (Wildman–Crippen LogP) is 1.48. The monoisotopic (exact) mass is 301 g/mol. The molecular formula is C16H23N5O. The number of amides is 1. The number of carbonyl (C=O) groups excluding carboxylic acids is 1. The van der Waals surface area contributed by atoms with Crippen molar-refractivity contribution in [1.29, 1.82) is 0 Å². The number of carbonyl (C=O) groups is 1. The molecule has 0 atom stereocenters. The van der Waals surface area contributed by atoms with Gasteiger partial charge in [0.15, 0.2) is 5.65 Å². The second kappa shape index (κ2) is 5.68. The minimum atomic E-state index is -0.0887. The van der Waals surface area contributed by atoms with Gasteiger partial charge < -0.3 is 10.2 Å². The highest BCUT2D eigenvalue weighted by Gasteiger charge is 2.26. The molecule has 1 N–H and O–H groups in total. The molecule has 0 radical (unpaired) electrons. The van der Waals surface area contributed by atoms with Gasteiger partial charge in [0.05, 0.1) is 5.69 Å². The van der Waals surface area contributed by atoms with Crippen molar-refractivity contribution in [3.05, 3.63) is 28.7 Å². The Balaban J connectivity index is 1.76. The maximum atomic E-state index is 12.5. The Bertz CT molecular complexity index is 717. The summed E-state index contributed by atoms with van der Waals surface area (Å²) < 4.78 is 1.74. The molecule has 6 heteroatoms. The average molecular weight is 301 g/mol. The molecule has 118 valence electrons. The number of likely N-dealkylation sites (N-methyl/N-ethyl adjacent to an activating group) is 1. The molecule has 1 saturated carbocycles. The van der Waals surface area contributed by atoms with Gasteiger partial charge in [-0.3, -0.25) is 4.79 Å². The molecule has 2 aromatic heterocycles. The van der Waals surface area contributed by atoms with Crippen molar-refractivity contribution in [3.63, 3.8) is 0 Å². The van der Waals surface area contributed by atoms with Crippen molar-refractivity contribution in [3.8, 4) is 0 Å². The second-order valence-electron chi connectivity index (χ2n) is 6.20. The molecule has 1 fully saturated rings. The Morgan fingerprint density at radius 3 is 2.82 bits per heavy atom. The summed E-state index contributed by atoms with van der Waals surface area (Å²) in [7, 11) is 2.11.